The number of aliphatic hydroxyl groups excluding tert-OH is 4. The number of hydrogen-bond acceptors (Lipinski definition) is 4. The Morgan fingerprint density at radius 3 is 0.595 bits per heavy atom. The molecule has 0 aromatic heterocycles. The fourth-order valence-electron chi connectivity index (χ4n) is 3.67. The zero-order chi connectivity index (χ0) is 28.5. The van der Waals surface area contributed by atoms with E-state index in [9.17, 15) is 0 Å². The summed E-state index contributed by atoms with van der Waals surface area (Å²) in [6.07, 6.45) is 19.3. The van der Waals surface area contributed by atoms with E-state index in [1.165, 1.54) is 77.0 Å². The van der Waals surface area contributed by atoms with Crippen LogP contribution in [-0.4, -0.2) is 46.9 Å². The van der Waals surface area contributed by atoms with E-state index in [0.29, 0.717) is 50.1 Å². The SMILES string of the molecule is CCCCC(CC)CO.CCCCC(CC)CO.CCCCC(CC)CO.CCCCC(CC)CO.[Ti+2]. The second-order valence-electron chi connectivity index (χ2n) is 10.4. The van der Waals surface area contributed by atoms with Crippen molar-refractivity contribution >= 4 is 0 Å². The molecule has 0 aliphatic rings. The molecule has 4 unspecified atom stereocenters. The molecule has 0 bridgehead atoms. The minimum absolute atomic E-state index is 0. The van der Waals surface area contributed by atoms with Gasteiger partial charge in [-0.3, -0.25) is 0 Å². The average molecular weight is 569 g/mol. The van der Waals surface area contributed by atoms with E-state index >= 15 is 0 Å². The Kier molecular flexibility index (Phi) is 55.8. The third kappa shape index (κ3) is 41.2. The van der Waals surface area contributed by atoms with Gasteiger partial charge < -0.3 is 20.4 Å². The summed E-state index contributed by atoms with van der Waals surface area (Å²) in [6.45, 7) is 18.8. The molecule has 0 aromatic rings. The molecular formula is C32H72O4Ti+2. The molecule has 226 valence electrons. The van der Waals surface area contributed by atoms with Crippen LogP contribution in [0.15, 0.2) is 0 Å². The first-order valence-electron chi connectivity index (χ1n) is 15.8. The van der Waals surface area contributed by atoms with Crippen molar-refractivity contribution in [2.24, 2.45) is 23.7 Å². The Balaban J connectivity index is -0.000000122. The van der Waals surface area contributed by atoms with E-state index < -0.39 is 0 Å². The van der Waals surface area contributed by atoms with E-state index in [0.717, 1.165) is 25.7 Å². The molecule has 0 aliphatic carbocycles. The van der Waals surface area contributed by atoms with Gasteiger partial charge in [-0.05, 0) is 49.4 Å². The van der Waals surface area contributed by atoms with Crippen molar-refractivity contribution < 1.29 is 42.1 Å². The van der Waals surface area contributed by atoms with Crippen molar-refractivity contribution in [3.8, 4) is 0 Å². The van der Waals surface area contributed by atoms with Gasteiger partial charge in [-0.1, -0.05) is 132 Å². The first-order valence-corrected chi connectivity index (χ1v) is 15.8. The quantitative estimate of drug-likeness (QED) is 0.111. The summed E-state index contributed by atoms with van der Waals surface area (Å²) in [5.74, 6) is 2.24. The maximum absolute atomic E-state index is 8.75. The second kappa shape index (κ2) is 43.6. The smallest absolute Gasteiger partial charge is 0.396 e. The number of unbranched alkanes of at least 4 members (excludes halogenated alkanes) is 4. The summed E-state index contributed by atoms with van der Waals surface area (Å²) in [4.78, 5) is 0. The largest absolute Gasteiger partial charge is 2.00 e. The van der Waals surface area contributed by atoms with E-state index in [4.69, 9.17) is 20.4 Å². The van der Waals surface area contributed by atoms with E-state index in [2.05, 4.69) is 55.4 Å². The van der Waals surface area contributed by atoms with E-state index in [1.54, 1.807) is 0 Å². The zero-order valence-corrected chi connectivity index (χ0v) is 28.3. The number of rotatable bonds is 20. The summed E-state index contributed by atoms with van der Waals surface area (Å²) in [5, 5.41) is 35.0. The molecule has 5 heteroatoms. The van der Waals surface area contributed by atoms with Gasteiger partial charge in [0.05, 0.1) is 0 Å². The van der Waals surface area contributed by atoms with Crippen molar-refractivity contribution in [2.45, 2.75) is 158 Å². The van der Waals surface area contributed by atoms with Crippen LogP contribution in [0.25, 0.3) is 0 Å². The van der Waals surface area contributed by atoms with E-state index in [1.807, 2.05) is 0 Å². The molecule has 4 nitrogen and oxygen atoms in total. The zero-order valence-electron chi connectivity index (χ0n) is 26.7. The van der Waals surface area contributed by atoms with Gasteiger partial charge in [-0.2, -0.15) is 0 Å². The molecule has 0 fully saturated rings. The molecular weight excluding hydrogens is 496 g/mol. The van der Waals surface area contributed by atoms with Crippen LogP contribution in [0.2, 0.25) is 0 Å². The second-order valence-corrected chi connectivity index (χ2v) is 10.4. The van der Waals surface area contributed by atoms with E-state index in [-0.39, 0.29) is 21.7 Å². The molecule has 0 saturated carbocycles. The summed E-state index contributed by atoms with van der Waals surface area (Å²) in [5.41, 5.74) is 0. The first-order chi connectivity index (χ1) is 17.4. The molecule has 37 heavy (non-hydrogen) atoms. The summed E-state index contributed by atoms with van der Waals surface area (Å²) >= 11 is 0. The van der Waals surface area contributed by atoms with Crippen LogP contribution in [0.1, 0.15) is 158 Å². The van der Waals surface area contributed by atoms with Crippen LogP contribution in [-0.2, 0) is 21.7 Å². The molecule has 0 saturated heterocycles. The molecule has 0 amide bonds. The fraction of sp³-hybridized carbons (Fsp3) is 1.00. The topological polar surface area (TPSA) is 80.9 Å². The Labute approximate surface area is 249 Å². The van der Waals surface area contributed by atoms with Gasteiger partial charge in [0.15, 0.2) is 0 Å². The summed E-state index contributed by atoms with van der Waals surface area (Å²) in [7, 11) is 0. The van der Waals surface area contributed by atoms with Gasteiger partial charge in [-0.25, -0.2) is 0 Å². The predicted molar refractivity (Wildman–Crippen MR) is 162 cm³/mol. The third-order valence-electron chi connectivity index (χ3n) is 7.21. The van der Waals surface area contributed by atoms with Gasteiger partial charge in [0.2, 0.25) is 0 Å². The monoisotopic (exact) mass is 568 g/mol. The fourth-order valence-corrected chi connectivity index (χ4v) is 3.67. The summed E-state index contributed by atoms with van der Waals surface area (Å²) < 4.78 is 0. The maximum Gasteiger partial charge on any atom is 2.00 e. The van der Waals surface area contributed by atoms with Crippen molar-refractivity contribution in [3.63, 3.8) is 0 Å². The normalized spacial score (nSPS) is 13.3. The van der Waals surface area contributed by atoms with Crippen molar-refractivity contribution in [3.05, 3.63) is 0 Å². The van der Waals surface area contributed by atoms with Crippen LogP contribution in [0, 0.1) is 23.7 Å². The Bertz CT molecular complexity index is 265. The Morgan fingerprint density at radius 1 is 0.351 bits per heavy atom. The minimum atomic E-state index is 0. The number of hydrogen-bond donors (Lipinski definition) is 4. The van der Waals surface area contributed by atoms with Gasteiger partial charge in [-0.15, -0.1) is 0 Å². The summed E-state index contributed by atoms with van der Waals surface area (Å²) in [6, 6.07) is 0. The molecule has 0 aromatic carbocycles. The molecule has 0 spiro atoms. The van der Waals surface area contributed by atoms with Crippen LogP contribution < -0.4 is 0 Å². The molecule has 0 radical (unpaired) electrons. The van der Waals surface area contributed by atoms with Crippen molar-refractivity contribution in [1.82, 2.24) is 0 Å². The van der Waals surface area contributed by atoms with Gasteiger partial charge >= 0.3 is 21.7 Å². The van der Waals surface area contributed by atoms with Crippen molar-refractivity contribution in [1.29, 1.82) is 0 Å². The first kappa shape index (κ1) is 47.3. The van der Waals surface area contributed by atoms with Crippen molar-refractivity contribution in [2.75, 3.05) is 26.4 Å². The minimum Gasteiger partial charge on any atom is -0.396 e. The van der Waals surface area contributed by atoms with Crippen LogP contribution in [0.4, 0.5) is 0 Å². The van der Waals surface area contributed by atoms with Gasteiger partial charge in [0, 0.05) is 26.4 Å². The van der Waals surface area contributed by atoms with Crippen LogP contribution >= 0.6 is 0 Å². The van der Waals surface area contributed by atoms with Gasteiger partial charge in [0.1, 0.15) is 0 Å². The van der Waals surface area contributed by atoms with Gasteiger partial charge in [0.25, 0.3) is 0 Å². The Hall–Kier alpha value is 0.554. The third-order valence-corrected chi connectivity index (χ3v) is 7.21. The molecule has 0 aliphatic heterocycles. The maximum atomic E-state index is 8.75. The standard InChI is InChI=1S/4C8H18O.Ti/c4*1-3-5-6-8(4-2)7-9;/h4*8-9H,3-7H2,1-2H3;/q;;;;+2. The average Bonchev–Trinajstić information content (AvgIpc) is 2.92. The van der Waals surface area contributed by atoms with Crippen LogP contribution in [0.5, 0.6) is 0 Å². The molecule has 0 rings (SSSR count). The number of aliphatic hydroxyl groups is 4. The Morgan fingerprint density at radius 2 is 0.514 bits per heavy atom. The molecule has 4 N–H and O–H groups in total. The molecule has 4 atom stereocenters. The molecule has 0 heterocycles. The van der Waals surface area contributed by atoms with Crippen LogP contribution in [0.3, 0.4) is 0 Å². The predicted octanol–water partition coefficient (Wildman–Crippen LogP) is 8.78.